The molecular formula is C19H19N3O2. The van der Waals surface area contributed by atoms with E-state index in [1.54, 1.807) is 17.0 Å². The summed E-state index contributed by atoms with van der Waals surface area (Å²) in [5, 5.41) is 21.4. The second kappa shape index (κ2) is 7.16. The third-order valence-electron chi connectivity index (χ3n) is 4.37. The third-order valence-corrected chi connectivity index (χ3v) is 4.37. The summed E-state index contributed by atoms with van der Waals surface area (Å²) in [5.74, 6) is 0. The molecule has 5 nitrogen and oxygen atoms in total. The van der Waals surface area contributed by atoms with E-state index >= 15 is 0 Å². The molecule has 1 heterocycles. The normalized spacial score (nSPS) is 16.2. The number of rotatable bonds is 3. The van der Waals surface area contributed by atoms with Crippen molar-refractivity contribution in [3.63, 3.8) is 0 Å². The zero-order valence-corrected chi connectivity index (χ0v) is 13.3. The van der Waals surface area contributed by atoms with Gasteiger partial charge in [-0.05, 0) is 35.2 Å². The molecule has 0 saturated heterocycles. The van der Waals surface area contributed by atoms with Crippen LogP contribution in [0.15, 0.2) is 48.5 Å². The van der Waals surface area contributed by atoms with Crippen molar-refractivity contribution in [1.29, 1.82) is 5.26 Å². The molecule has 0 aliphatic carbocycles. The van der Waals surface area contributed by atoms with Gasteiger partial charge in [0.1, 0.15) is 0 Å². The van der Waals surface area contributed by atoms with Crippen molar-refractivity contribution in [1.82, 2.24) is 10.2 Å². The fourth-order valence-electron chi connectivity index (χ4n) is 3.07. The van der Waals surface area contributed by atoms with Crippen LogP contribution in [0.25, 0.3) is 0 Å². The number of nitriles is 1. The highest BCUT2D eigenvalue weighted by Crippen LogP contribution is 2.29. The Morgan fingerprint density at radius 1 is 1.25 bits per heavy atom. The van der Waals surface area contributed by atoms with Crippen LogP contribution in [-0.2, 0) is 13.0 Å². The third kappa shape index (κ3) is 3.24. The van der Waals surface area contributed by atoms with Gasteiger partial charge in [-0.25, -0.2) is 4.79 Å². The maximum Gasteiger partial charge on any atom is 0.318 e. The van der Waals surface area contributed by atoms with Crippen molar-refractivity contribution in [2.45, 2.75) is 19.0 Å². The summed E-state index contributed by atoms with van der Waals surface area (Å²) in [6, 6.07) is 16.6. The highest BCUT2D eigenvalue weighted by Gasteiger charge is 2.29. The van der Waals surface area contributed by atoms with Gasteiger partial charge < -0.3 is 15.3 Å². The van der Waals surface area contributed by atoms with Crippen molar-refractivity contribution in [2.75, 3.05) is 13.2 Å². The highest BCUT2D eigenvalue weighted by molar-refractivity contribution is 5.75. The fourth-order valence-corrected chi connectivity index (χ4v) is 3.07. The summed E-state index contributed by atoms with van der Waals surface area (Å²) in [6.45, 7) is 0.879. The van der Waals surface area contributed by atoms with Crippen LogP contribution < -0.4 is 5.32 Å². The molecule has 3 rings (SSSR count). The predicted molar refractivity (Wildman–Crippen MR) is 90.1 cm³/mol. The molecule has 0 bridgehead atoms. The summed E-state index contributed by atoms with van der Waals surface area (Å²) in [5.41, 5.74) is 3.73. The Hall–Kier alpha value is -2.84. The molecule has 5 heteroatoms. The summed E-state index contributed by atoms with van der Waals surface area (Å²) < 4.78 is 0. The van der Waals surface area contributed by atoms with Gasteiger partial charge in [0.05, 0.1) is 24.3 Å². The second-order valence-electron chi connectivity index (χ2n) is 5.81. The number of carbonyl (C=O) groups is 1. The Bertz CT molecular complexity index is 765. The van der Waals surface area contributed by atoms with Crippen molar-refractivity contribution in [3.8, 4) is 6.07 Å². The van der Waals surface area contributed by atoms with E-state index in [-0.39, 0.29) is 18.7 Å². The first-order chi connectivity index (χ1) is 11.7. The minimum absolute atomic E-state index is 0.0959. The van der Waals surface area contributed by atoms with Gasteiger partial charge in [0.2, 0.25) is 0 Å². The van der Waals surface area contributed by atoms with Crippen LogP contribution in [0.1, 0.15) is 28.3 Å². The molecular weight excluding hydrogens is 302 g/mol. The number of benzene rings is 2. The minimum Gasteiger partial charge on any atom is -0.394 e. The van der Waals surface area contributed by atoms with E-state index in [4.69, 9.17) is 5.26 Å². The number of hydrogen-bond donors (Lipinski definition) is 2. The van der Waals surface area contributed by atoms with E-state index in [0.29, 0.717) is 18.7 Å². The molecule has 0 saturated carbocycles. The molecule has 24 heavy (non-hydrogen) atoms. The Balaban J connectivity index is 1.67. The van der Waals surface area contributed by atoms with Crippen molar-refractivity contribution in [2.24, 2.45) is 0 Å². The molecule has 2 N–H and O–H groups in total. The first-order valence-corrected chi connectivity index (χ1v) is 7.95. The summed E-state index contributed by atoms with van der Waals surface area (Å²) in [7, 11) is 0. The molecule has 2 amide bonds. The molecule has 1 aliphatic heterocycles. The molecule has 1 unspecified atom stereocenters. The quantitative estimate of drug-likeness (QED) is 0.911. The van der Waals surface area contributed by atoms with Gasteiger partial charge in [0, 0.05) is 13.1 Å². The van der Waals surface area contributed by atoms with Gasteiger partial charge in [-0.15, -0.1) is 0 Å². The Morgan fingerprint density at radius 2 is 2.00 bits per heavy atom. The highest BCUT2D eigenvalue weighted by atomic mass is 16.3. The molecule has 1 atom stereocenters. The summed E-state index contributed by atoms with van der Waals surface area (Å²) in [6.07, 6.45) is 0.789. The molecule has 2 aromatic rings. The lowest BCUT2D eigenvalue weighted by Crippen LogP contribution is -2.46. The zero-order valence-electron chi connectivity index (χ0n) is 13.3. The maximum absolute atomic E-state index is 12.5. The number of nitrogens with zero attached hydrogens (tertiary/aromatic N) is 2. The molecule has 122 valence electrons. The van der Waals surface area contributed by atoms with Crippen LogP contribution in [0.3, 0.4) is 0 Å². The molecule has 2 aromatic carbocycles. The van der Waals surface area contributed by atoms with Gasteiger partial charge in [-0.2, -0.15) is 5.26 Å². The first kappa shape index (κ1) is 16.0. The number of hydrogen-bond acceptors (Lipinski definition) is 3. The number of aliphatic hydroxyl groups excluding tert-OH is 1. The Kier molecular flexibility index (Phi) is 4.78. The Morgan fingerprint density at radius 3 is 2.71 bits per heavy atom. The fraction of sp³-hybridized carbons (Fsp3) is 0.263. The smallest absolute Gasteiger partial charge is 0.318 e. The van der Waals surface area contributed by atoms with Crippen molar-refractivity contribution < 1.29 is 9.90 Å². The number of aliphatic hydroxyl groups is 1. The topological polar surface area (TPSA) is 76.4 Å². The molecule has 0 fully saturated rings. The van der Waals surface area contributed by atoms with Gasteiger partial charge in [-0.3, -0.25) is 0 Å². The monoisotopic (exact) mass is 321 g/mol. The van der Waals surface area contributed by atoms with E-state index in [1.165, 1.54) is 5.56 Å². The van der Waals surface area contributed by atoms with E-state index < -0.39 is 0 Å². The average Bonchev–Trinajstić information content (AvgIpc) is 2.65. The average molecular weight is 321 g/mol. The lowest BCUT2D eigenvalue weighted by molar-refractivity contribution is 0.126. The zero-order chi connectivity index (χ0) is 16.9. The summed E-state index contributed by atoms with van der Waals surface area (Å²) in [4.78, 5) is 14.2. The SMILES string of the molecule is N#Cc1ccc(CNC(=O)N2CCc3ccccc3C2CO)cc1. The van der Waals surface area contributed by atoms with Crippen LogP contribution >= 0.6 is 0 Å². The van der Waals surface area contributed by atoms with E-state index in [9.17, 15) is 9.90 Å². The standard InChI is InChI=1S/C19H19N3O2/c20-11-14-5-7-15(8-6-14)12-21-19(24)22-10-9-16-3-1-2-4-17(16)18(22)13-23/h1-8,18,23H,9-10,12-13H2,(H,21,24). The largest absolute Gasteiger partial charge is 0.394 e. The van der Waals surface area contributed by atoms with Gasteiger partial charge in [0.15, 0.2) is 0 Å². The van der Waals surface area contributed by atoms with Crippen molar-refractivity contribution in [3.05, 3.63) is 70.8 Å². The van der Waals surface area contributed by atoms with Gasteiger partial charge >= 0.3 is 6.03 Å². The van der Waals surface area contributed by atoms with E-state index in [0.717, 1.165) is 17.5 Å². The van der Waals surface area contributed by atoms with E-state index in [1.807, 2.05) is 36.4 Å². The van der Waals surface area contributed by atoms with Crippen molar-refractivity contribution >= 4 is 6.03 Å². The number of nitrogens with one attached hydrogen (secondary N) is 1. The van der Waals surface area contributed by atoms with E-state index in [2.05, 4.69) is 11.4 Å². The maximum atomic E-state index is 12.5. The number of amides is 2. The number of carbonyl (C=O) groups excluding carboxylic acids is 1. The predicted octanol–water partition coefficient (Wildman–Crippen LogP) is 2.36. The van der Waals surface area contributed by atoms with Crippen LogP contribution in [0.5, 0.6) is 0 Å². The van der Waals surface area contributed by atoms with Gasteiger partial charge in [0.25, 0.3) is 0 Å². The molecule has 0 radical (unpaired) electrons. The number of urea groups is 1. The second-order valence-corrected chi connectivity index (χ2v) is 5.81. The summed E-state index contributed by atoms with van der Waals surface area (Å²) >= 11 is 0. The first-order valence-electron chi connectivity index (χ1n) is 7.95. The Labute approximate surface area is 141 Å². The molecule has 0 aromatic heterocycles. The minimum atomic E-state index is -0.309. The van der Waals surface area contributed by atoms with Crippen LogP contribution in [-0.4, -0.2) is 29.2 Å². The van der Waals surface area contributed by atoms with Crippen LogP contribution in [0.4, 0.5) is 4.79 Å². The lowest BCUT2D eigenvalue weighted by atomic mass is 9.93. The molecule has 0 spiro atoms. The van der Waals surface area contributed by atoms with Crippen LogP contribution in [0.2, 0.25) is 0 Å². The number of fused-ring (bicyclic) bond motifs is 1. The lowest BCUT2D eigenvalue weighted by Gasteiger charge is -2.36. The molecule has 1 aliphatic rings. The van der Waals surface area contributed by atoms with Crippen LogP contribution in [0, 0.1) is 11.3 Å². The van der Waals surface area contributed by atoms with Gasteiger partial charge in [-0.1, -0.05) is 36.4 Å².